The Labute approximate surface area is 129 Å². The first-order valence-electron chi connectivity index (χ1n) is 7.07. The number of hydrogen-bond acceptors (Lipinski definition) is 5. The fraction of sp³-hybridized carbons (Fsp3) is 0.467. The van der Waals surface area contributed by atoms with Gasteiger partial charge in [0.05, 0.1) is 13.2 Å². The number of pyridine rings is 1. The summed E-state index contributed by atoms with van der Waals surface area (Å²) in [7, 11) is 0. The molecule has 1 unspecified atom stereocenters. The van der Waals surface area contributed by atoms with E-state index in [0.29, 0.717) is 24.8 Å². The molecule has 3 rings (SSSR count). The van der Waals surface area contributed by atoms with E-state index in [1.54, 1.807) is 12.3 Å². The topological polar surface area (TPSA) is 63.7 Å². The van der Waals surface area contributed by atoms with Crippen LogP contribution in [0.4, 0.5) is 0 Å². The van der Waals surface area contributed by atoms with Crippen LogP contribution in [0.15, 0.2) is 29.0 Å². The summed E-state index contributed by atoms with van der Waals surface area (Å²) in [6.07, 6.45) is 4.36. The van der Waals surface area contributed by atoms with Gasteiger partial charge in [0.15, 0.2) is 0 Å². The minimum absolute atomic E-state index is 0.489. The van der Waals surface area contributed by atoms with E-state index in [1.165, 1.54) is 0 Å². The molecule has 0 saturated carbocycles. The molecular formula is C15H19ClN4O. The predicted octanol–water partition coefficient (Wildman–Crippen LogP) is 1.93. The SMILES string of the molecule is CC1=C(c2ccc(Cl)nc2)CC(N)(N2CCOCC2)C=N1. The Kier molecular flexibility index (Phi) is 4.08. The van der Waals surface area contributed by atoms with Crippen molar-refractivity contribution >= 4 is 23.4 Å². The van der Waals surface area contributed by atoms with Gasteiger partial charge in [0.25, 0.3) is 0 Å². The molecule has 2 aliphatic heterocycles. The summed E-state index contributed by atoms with van der Waals surface area (Å²) in [6.45, 7) is 5.08. The van der Waals surface area contributed by atoms with Gasteiger partial charge in [-0.3, -0.25) is 9.89 Å². The molecule has 0 spiro atoms. The summed E-state index contributed by atoms with van der Waals surface area (Å²) in [5.41, 5.74) is 9.16. The lowest BCUT2D eigenvalue weighted by atomic mass is 9.91. The van der Waals surface area contributed by atoms with Gasteiger partial charge < -0.3 is 10.5 Å². The molecule has 0 bridgehead atoms. The zero-order chi connectivity index (χ0) is 14.9. The van der Waals surface area contributed by atoms with Crippen LogP contribution in [0.2, 0.25) is 5.15 Å². The molecule has 6 heteroatoms. The monoisotopic (exact) mass is 306 g/mol. The van der Waals surface area contributed by atoms with Gasteiger partial charge in [0, 0.05) is 37.6 Å². The number of hydrogen-bond donors (Lipinski definition) is 1. The van der Waals surface area contributed by atoms with E-state index in [2.05, 4.69) is 14.9 Å². The van der Waals surface area contributed by atoms with Gasteiger partial charge in [-0.15, -0.1) is 0 Å². The van der Waals surface area contributed by atoms with E-state index in [0.717, 1.165) is 29.9 Å². The molecule has 5 nitrogen and oxygen atoms in total. The summed E-state index contributed by atoms with van der Waals surface area (Å²) in [6, 6.07) is 3.76. The van der Waals surface area contributed by atoms with Crippen molar-refractivity contribution in [1.82, 2.24) is 9.88 Å². The van der Waals surface area contributed by atoms with E-state index >= 15 is 0 Å². The molecule has 1 fully saturated rings. The maximum atomic E-state index is 6.59. The Morgan fingerprint density at radius 1 is 1.33 bits per heavy atom. The number of halogens is 1. The smallest absolute Gasteiger partial charge is 0.129 e. The van der Waals surface area contributed by atoms with Crippen molar-refractivity contribution in [3.05, 3.63) is 34.7 Å². The van der Waals surface area contributed by atoms with E-state index in [1.807, 2.05) is 19.2 Å². The molecule has 0 aromatic carbocycles. The fourth-order valence-electron chi connectivity index (χ4n) is 2.78. The Morgan fingerprint density at radius 3 is 2.76 bits per heavy atom. The van der Waals surface area contributed by atoms with Crippen LogP contribution in [-0.2, 0) is 4.74 Å². The van der Waals surface area contributed by atoms with Crippen LogP contribution in [0.3, 0.4) is 0 Å². The van der Waals surface area contributed by atoms with Crippen LogP contribution < -0.4 is 5.73 Å². The summed E-state index contributed by atoms with van der Waals surface area (Å²) in [5.74, 6) is 0. The molecule has 21 heavy (non-hydrogen) atoms. The highest BCUT2D eigenvalue weighted by atomic mass is 35.5. The van der Waals surface area contributed by atoms with Crippen molar-refractivity contribution in [2.45, 2.75) is 19.0 Å². The molecule has 1 atom stereocenters. The highest BCUT2D eigenvalue weighted by Crippen LogP contribution is 2.32. The highest BCUT2D eigenvalue weighted by molar-refractivity contribution is 6.29. The quantitative estimate of drug-likeness (QED) is 0.848. The van der Waals surface area contributed by atoms with Crippen LogP contribution in [0.25, 0.3) is 5.57 Å². The second-order valence-electron chi connectivity index (χ2n) is 5.46. The van der Waals surface area contributed by atoms with Crippen LogP contribution in [-0.4, -0.2) is 48.1 Å². The third kappa shape index (κ3) is 3.01. The van der Waals surface area contributed by atoms with Crippen molar-refractivity contribution in [3.63, 3.8) is 0 Å². The van der Waals surface area contributed by atoms with Gasteiger partial charge in [0.2, 0.25) is 0 Å². The molecule has 2 aliphatic rings. The fourth-order valence-corrected chi connectivity index (χ4v) is 2.89. The van der Waals surface area contributed by atoms with Gasteiger partial charge in [0.1, 0.15) is 10.8 Å². The Morgan fingerprint density at radius 2 is 2.10 bits per heavy atom. The number of aromatic nitrogens is 1. The zero-order valence-electron chi connectivity index (χ0n) is 12.1. The Balaban J connectivity index is 1.87. The number of rotatable bonds is 2. The van der Waals surface area contributed by atoms with Crippen molar-refractivity contribution in [1.29, 1.82) is 0 Å². The molecule has 112 valence electrons. The minimum Gasteiger partial charge on any atom is -0.379 e. The minimum atomic E-state index is -0.557. The number of aliphatic imine (C=N–C) groups is 1. The lowest BCUT2D eigenvalue weighted by Gasteiger charge is -2.42. The molecule has 1 aromatic heterocycles. The largest absolute Gasteiger partial charge is 0.379 e. The first-order chi connectivity index (χ1) is 10.1. The zero-order valence-corrected chi connectivity index (χ0v) is 12.8. The number of morpholine rings is 1. The third-order valence-corrected chi connectivity index (χ3v) is 4.28. The third-order valence-electron chi connectivity index (χ3n) is 4.05. The second-order valence-corrected chi connectivity index (χ2v) is 5.85. The second kappa shape index (κ2) is 5.85. The molecule has 0 radical (unpaired) electrons. The van der Waals surface area contributed by atoms with Crippen LogP contribution >= 0.6 is 11.6 Å². The normalized spacial score (nSPS) is 27.2. The summed E-state index contributed by atoms with van der Waals surface area (Å²) in [5, 5.41) is 0.489. The highest BCUT2D eigenvalue weighted by Gasteiger charge is 2.35. The Bertz CT molecular complexity index is 578. The number of ether oxygens (including phenoxy) is 1. The van der Waals surface area contributed by atoms with Crippen molar-refractivity contribution in [2.75, 3.05) is 26.3 Å². The van der Waals surface area contributed by atoms with Gasteiger partial charge in [-0.05, 0) is 24.1 Å². The van der Waals surface area contributed by atoms with Crippen molar-refractivity contribution in [2.24, 2.45) is 10.7 Å². The number of nitrogens with two attached hydrogens (primary N) is 1. The lowest BCUT2D eigenvalue weighted by molar-refractivity contribution is 0.00433. The molecule has 3 heterocycles. The first-order valence-corrected chi connectivity index (χ1v) is 7.45. The predicted molar refractivity (Wildman–Crippen MR) is 84.3 cm³/mol. The van der Waals surface area contributed by atoms with Crippen molar-refractivity contribution < 1.29 is 4.74 Å². The molecule has 2 N–H and O–H groups in total. The van der Waals surface area contributed by atoms with E-state index in [4.69, 9.17) is 22.1 Å². The van der Waals surface area contributed by atoms with Gasteiger partial charge in [-0.25, -0.2) is 4.98 Å². The first kappa shape index (κ1) is 14.7. The van der Waals surface area contributed by atoms with E-state index in [-0.39, 0.29) is 0 Å². The standard InChI is InChI=1S/C15H19ClN4O/c1-11-13(12-2-3-14(16)18-9-12)8-15(17,10-19-11)20-4-6-21-7-5-20/h2-3,9-10H,4-8,17H2,1H3. The van der Waals surface area contributed by atoms with Gasteiger partial charge >= 0.3 is 0 Å². The summed E-state index contributed by atoms with van der Waals surface area (Å²) >= 11 is 5.86. The van der Waals surface area contributed by atoms with E-state index < -0.39 is 5.66 Å². The van der Waals surface area contributed by atoms with E-state index in [9.17, 15) is 0 Å². The maximum absolute atomic E-state index is 6.59. The Hall–Kier alpha value is -1.27. The number of allylic oxidation sites excluding steroid dienone is 1. The molecule has 0 aliphatic carbocycles. The molecular weight excluding hydrogens is 288 g/mol. The maximum Gasteiger partial charge on any atom is 0.129 e. The lowest BCUT2D eigenvalue weighted by Crippen LogP contribution is -2.61. The summed E-state index contributed by atoms with van der Waals surface area (Å²) in [4.78, 5) is 10.9. The van der Waals surface area contributed by atoms with Gasteiger partial charge in [-0.2, -0.15) is 0 Å². The van der Waals surface area contributed by atoms with Crippen LogP contribution in [0.1, 0.15) is 18.9 Å². The average Bonchev–Trinajstić information content (AvgIpc) is 2.52. The van der Waals surface area contributed by atoms with Crippen LogP contribution in [0, 0.1) is 0 Å². The molecule has 1 aromatic rings. The number of nitrogens with zero attached hydrogens (tertiary/aromatic N) is 3. The average molecular weight is 307 g/mol. The molecule has 1 saturated heterocycles. The molecule has 0 amide bonds. The van der Waals surface area contributed by atoms with Crippen molar-refractivity contribution in [3.8, 4) is 0 Å². The summed E-state index contributed by atoms with van der Waals surface area (Å²) < 4.78 is 5.40. The van der Waals surface area contributed by atoms with Gasteiger partial charge in [-0.1, -0.05) is 17.7 Å². The van der Waals surface area contributed by atoms with Crippen LogP contribution in [0.5, 0.6) is 0 Å².